The molecule has 0 atom stereocenters. The van der Waals surface area contributed by atoms with Crippen LogP contribution in [0.15, 0.2) is 21.5 Å². The molecular formula is C12H17BrO3S. The monoisotopic (exact) mass is 320 g/mol. The van der Waals surface area contributed by atoms with E-state index in [2.05, 4.69) is 29.8 Å². The van der Waals surface area contributed by atoms with Crippen LogP contribution in [0, 0.1) is 12.8 Å². The summed E-state index contributed by atoms with van der Waals surface area (Å²) >= 11 is 3.40. The van der Waals surface area contributed by atoms with Gasteiger partial charge in [-0.15, -0.1) is 0 Å². The van der Waals surface area contributed by atoms with Gasteiger partial charge in [-0.3, -0.25) is 4.55 Å². The standard InChI is InChI=1S/C12H17BrO3S/c1-8(2)4-6-10-11(17(14,15)16)7-5-9(3)12(10)13/h5,7-8H,4,6H2,1-3H3,(H,14,15,16). The number of hydrogen-bond acceptors (Lipinski definition) is 2. The Balaban J connectivity index is 3.27. The molecule has 0 aliphatic heterocycles. The quantitative estimate of drug-likeness (QED) is 0.862. The van der Waals surface area contributed by atoms with Crippen molar-refractivity contribution in [2.45, 2.75) is 38.5 Å². The van der Waals surface area contributed by atoms with E-state index >= 15 is 0 Å². The van der Waals surface area contributed by atoms with E-state index in [9.17, 15) is 13.0 Å². The van der Waals surface area contributed by atoms with E-state index in [1.165, 1.54) is 6.07 Å². The summed E-state index contributed by atoms with van der Waals surface area (Å²) in [5, 5.41) is 0. The Kier molecular flexibility index (Phi) is 4.75. The van der Waals surface area contributed by atoms with Crippen LogP contribution in [-0.2, 0) is 16.5 Å². The van der Waals surface area contributed by atoms with Crippen LogP contribution in [0.2, 0.25) is 0 Å². The maximum absolute atomic E-state index is 11.3. The molecular weight excluding hydrogens is 304 g/mol. The van der Waals surface area contributed by atoms with Crippen molar-refractivity contribution in [3.8, 4) is 0 Å². The predicted octanol–water partition coefficient (Wildman–Crippen LogP) is 3.59. The van der Waals surface area contributed by atoms with Crippen molar-refractivity contribution in [2.75, 3.05) is 0 Å². The lowest BCUT2D eigenvalue weighted by molar-refractivity contribution is 0.480. The van der Waals surface area contributed by atoms with Crippen molar-refractivity contribution >= 4 is 26.0 Å². The summed E-state index contributed by atoms with van der Waals surface area (Å²) < 4.78 is 32.6. The first kappa shape index (κ1) is 14.7. The van der Waals surface area contributed by atoms with Gasteiger partial charge in [0.15, 0.2) is 0 Å². The van der Waals surface area contributed by atoms with Gasteiger partial charge in [0.05, 0.1) is 4.90 Å². The molecule has 1 aromatic carbocycles. The molecule has 5 heteroatoms. The minimum absolute atomic E-state index is 0.00984. The van der Waals surface area contributed by atoms with Crippen molar-refractivity contribution in [1.82, 2.24) is 0 Å². The van der Waals surface area contributed by atoms with Crippen LogP contribution in [0.25, 0.3) is 0 Å². The topological polar surface area (TPSA) is 54.4 Å². The van der Waals surface area contributed by atoms with Crippen LogP contribution >= 0.6 is 15.9 Å². The van der Waals surface area contributed by atoms with Crippen LogP contribution in [0.4, 0.5) is 0 Å². The van der Waals surface area contributed by atoms with E-state index in [-0.39, 0.29) is 4.90 Å². The zero-order valence-electron chi connectivity index (χ0n) is 10.2. The molecule has 3 nitrogen and oxygen atoms in total. The molecule has 1 aromatic rings. The Bertz CT molecular complexity index is 507. The van der Waals surface area contributed by atoms with Gasteiger partial charge in [0.1, 0.15) is 0 Å². The van der Waals surface area contributed by atoms with Gasteiger partial charge in [0, 0.05) is 4.47 Å². The number of rotatable bonds is 4. The molecule has 0 radical (unpaired) electrons. The van der Waals surface area contributed by atoms with Crippen LogP contribution in [0.3, 0.4) is 0 Å². The third-order valence-corrected chi connectivity index (χ3v) is 4.69. The molecule has 1 N–H and O–H groups in total. The van der Waals surface area contributed by atoms with Gasteiger partial charge in [-0.2, -0.15) is 8.42 Å². The Morgan fingerprint density at radius 2 is 1.94 bits per heavy atom. The van der Waals surface area contributed by atoms with Crippen LogP contribution in [0.1, 0.15) is 31.4 Å². The summed E-state index contributed by atoms with van der Waals surface area (Å²) in [6.07, 6.45) is 1.51. The fourth-order valence-corrected chi connectivity index (χ4v) is 3.06. The zero-order valence-corrected chi connectivity index (χ0v) is 12.6. The van der Waals surface area contributed by atoms with Gasteiger partial charge in [0.25, 0.3) is 10.1 Å². The predicted molar refractivity (Wildman–Crippen MR) is 71.9 cm³/mol. The maximum atomic E-state index is 11.3. The molecule has 0 aromatic heterocycles. The van der Waals surface area contributed by atoms with Crippen LogP contribution in [-0.4, -0.2) is 13.0 Å². The number of aryl methyl sites for hydroxylation is 1. The first-order valence-corrected chi connectivity index (χ1v) is 7.72. The SMILES string of the molecule is Cc1ccc(S(=O)(=O)O)c(CCC(C)C)c1Br. The van der Waals surface area contributed by atoms with Gasteiger partial charge in [-0.05, 0) is 42.9 Å². The van der Waals surface area contributed by atoms with E-state index < -0.39 is 10.1 Å². The normalized spacial score (nSPS) is 12.1. The molecule has 17 heavy (non-hydrogen) atoms. The van der Waals surface area contributed by atoms with Crippen molar-refractivity contribution in [3.63, 3.8) is 0 Å². The number of hydrogen-bond donors (Lipinski definition) is 1. The van der Waals surface area contributed by atoms with Crippen molar-refractivity contribution < 1.29 is 13.0 Å². The summed E-state index contributed by atoms with van der Waals surface area (Å²) in [4.78, 5) is 0.00984. The van der Waals surface area contributed by atoms with Gasteiger partial charge in [-0.1, -0.05) is 35.8 Å². The lowest BCUT2D eigenvalue weighted by Crippen LogP contribution is -2.06. The Morgan fingerprint density at radius 3 is 2.41 bits per heavy atom. The fraction of sp³-hybridized carbons (Fsp3) is 0.500. The summed E-state index contributed by atoms with van der Waals surface area (Å²) in [7, 11) is -4.15. The number of benzene rings is 1. The molecule has 0 saturated carbocycles. The summed E-state index contributed by atoms with van der Waals surface area (Å²) in [6, 6.07) is 3.15. The highest BCUT2D eigenvalue weighted by Gasteiger charge is 2.18. The van der Waals surface area contributed by atoms with E-state index in [0.717, 1.165) is 16.5 Å². The highest BCUT2D eigenvalue weighted by atomic mass is 79.9. The molecule has 0 saturated heterocycles. The Morgan fingerprint density at radius 1 is 1.35 bits per heavy atom. The summed E-state index contributed by atoms with van der Waals surface area (Å²) in [5.74, 6) is 0.483. The third-order valence-electron chi connectivity index (χ3n) is 2.64. The van der Waals surface area contributed by atoms with Crippen LogP contribution < -0.4 is 0 Å². The second-order valence-electron chi connectivity index (χ2n) is 4.58. The van der Waals surface area contributed by atoms with Crippen molar-refractivity contribution in [2.24, 2.45) is 5.92 Å². The van der Waals surface area contributed by atoms with Gasteiger partial charge in [0.2, 0.25) is 0 Å². The highest BCUT2D eigenvalue weighted by Crippen LogP contribution is 2.29. The molecule has 0 spiro atoms. The van der Waals surface area contributed by atoms with Gasteiger partial charge >= 0.3 is 0 Å². The molecule has 0 heterocycles. The smallest absolute Gasteiger partial charge is 0.282 e. The first-order valence-electron chi connectivity index (χ1n) is 5.49. The second kappa shape index (κ2) is 5.50. The molecule has 1 rings (SSSR count). The third kappa shape index (κ3) is 3.79. The fourth-order valence-electron chi connectivity index (χ4n) is 1.63. The lowest BCUT2D eigenvalue weighted by atomic mass is 10.0. The minimum Gasteiger partial charge on any atom is -0.282 e. The molecule has 0 amide bonds. The summed E-state index contributed by atoms with van der Waals surface area (Å²) in [6.45, 7) is 6.06. The first-order chi connectivity index (χ1) is 7.73. The Labute approximate surface area is 111 Å². The minimum atomic E-state index is -4.15. The average Bonchev–Trinajstić information content (AvgIpc) is 2.18. The second-order valence-corrected chi connectivity index (χ2v) is 6.76. The highest BCUT2D eigenvalue weighted by molar-refractivity contribution is 9.10. The van der Waals surface area contributed by atoms with E-state index in [0.29, 0.717) is 17.9 Å². The van der Waals surface area contributed by atoms with E-state index in [1.807, 2.05) is 6.92 Å². The Hall–Kier alpha value is -0.390. The maximum Gasteiger partial charge on any atom is 0.294 e. The van der Waals surface area contributed by atoms with Crippen molar-refractivity contribution in [3.05, 3.63) is 27.7 Å². The van der Waals surface area contributed by atoms with E-state index in [4.69, 9.17) is 0 Å². The zero-order chi connectivity index (χ0) is 13.2. The largest absolute Gasteiger partial charge is 0.294 e. The van der Waals surface area contributed by atoms with Gasteiger partial charge in [-0.25, -0.2) is 0 Å². The lowest BCUT2D eigenvalue weighted by Gasteiger charge is -2.13. The van der Waals surface area contributed by atoms with Crippen LogP contribution in [0.5, 0.6) is 0 Å². The van der Waals surface area contributed by atoms with Gasteiger partial charge < -0.3 is 0 Å². The van der Waals surface area contributed by atoms with Crippen molar-refractivity contribution in [1.29, 1.82) is 0 Å². The molecule has 0 bridgehead atoms. The number of halogens is 1. The molecule has 0 aliphatic carbocycles. The average molecular weight is 321 g/mol. The molecule has 96 valence electrons. The molecule has 0 fully saturated rings. The molecule has 0 unspecified atom stereocenters. The summed E-state index contributed by atoms with van der Waals surface area (Å²) in [5.41, 5.74) is 1.64. The molecule has 0 aliphatic rings. The van der Waals surface area contributed by atoms with E-state index in [1.54, 1.807) is 6.07 Å².